The Bertz CT molecular complexity index is 1050. The molecule has 3 aromatic rings. The molecule has 1 amide bonds. The largest absolute Gasteiger partial charge is 0.416 e. The van der Waals surface area contributed by atoms with Crippen molar-refractivity contribution in [2.75, 3.05) is 36.5 Å². The van der Waals surface area contributed by atoms with Crippen molar-refractivity contribution < 1.29 is 22.7 Å². The molecule has 1 heterocycles. The fourth-order valence-corrected chi connectivity index (χ4v) is 3.71. The molecule has 0 bridgehead atoms. The number of hydrogen-bond acceptors (Lipinski definition) is 3. The highest BCUT2D eigenvalue weighted by molar-refractivity contribution is 5.98. The van der Waals surface area contributed by atoms with Crippen molar-refractivity contribution in [1.29, 1.82) is 0 Å². The third kappa shape index (κ3) is 4.41. The van der Waals surface area contributed by atoms with Crippen LogP contribution in [0.15, 0.2) is 60.7 Å². The van der Waals surface area contributed by atoms with E-state index in [4.69, 9.17) is 4.74 Å². The Morgan fingerprint density at radius 2 is 1.73 bits per heavy atom. The summed E-state index contributed by atoms with van der Waals surface area (Å²) >= 11 is 0. The molecule has 0 spiro atoms. The molecular formula is C23H21F3N2O2. The minimum atomic E-state index is -4.49. The number of anilines is 2. The van der Waals surface area contributed by atoms with E-state index in [1.54, 1.807) is 0 Å². The lowest BCUT2D eigenvalue weighted by Crippen LogP contribution is -2.37. The second-order valence-corrected chi connectivity index (χ2v) is 7.19. The fraction of sp³-hybridized carbons (Fsp3) is 0.261. The third-order valence-electron chi connectivity index (χ3n) is 5.18. The van der Waals surface area contributed by atoms with Gasteiger partial charge in [0.1, 0.15) is 0 Å². The van der Waals surface area contributed by atoms with Gasteiger partial charge in [-0.1, -0.05) is 42.5 Å². The van der Waals surface area contributed by atoms with Gasteiger partial charge in [-0.05, 0) is 34.5 Å². The second-order valence-electron chi connectivity index (χ2n) is 7.19. The summed E-state index contributed by atoms with van der Waals surface area (Å²) in [5, 5.41) is 4.67. The molecule has 0 aromatic heterocycles. The van der Waals surface area contributed by atoms with Crippen molar-refractivity contribution in [2.24, 2.45) is 0 Å². The van der Waals surface area contributed by atoms with E-state index in [1.807, 2.05) is 47.4 Å². The first-order valence-corrected chi connectivity index (χ1v) is 9.72. The van der Waals surface area contributed by atoms with Gasteiger partial charge >= 0.3 is 6.18 Å². The molecule has 3 aromatic carbocycles. The zero-order valence-corrected chi connectivity index (χ0v) is 16.2. The number of amides is 1. The van der Waals surface area contributed by atoms with E-state index in [-0.39, 0.29) is 18.0 Å². The van der Waals surface area contributed by atoms with Crippen LogP contribution in [-0.2, 0) is 22.1 Å². The minimum absolute atomic E-state index is 0.0696. The summed E-state index contributed by atoms with van der Waals surface area (Å²) in [5.41, 5.74) is 0.764. The Labute approximate surface area is 172 Å². The van der Waals surface area contributed by atoms with Crippen molar-refractivity contribution in [3.05, 3.63) is 71.8 Å². The number of nitrogens with zero attached hydrogens (tertiary/aromatic N) is 1. The van der Waals surface area contributed by atoms with E-state index in [1.165, 1.54) is 6.07 Å². The van der Waals surface area contributed by atoms with Crippen LogP contribution in [0.5, 0.6) is 0 Å². The molecule has 156 valence electrons. The molecule has 30 heavy (non-hydrogen) atoms. The van der Waals surface area contributed by atoms with Crippen LogP contribution in [0.1, 0.15) is 11.1 Å². The highest BCUT2D eigenvalue weighted by Gasteiger charge is 2.32. The molecule has 0 atom stereocenters. The Balaban J connectivity index is 1.62. The first-order valence-electron chi connectivity index (χ1n) is 9.72. The van der Waals surface area contributed by atoms with Gasteiger partial charge in [0.25, 0.3) is 0 Å². The van der Waals surface area contributed by atoms with Crippen molar-refractivity contribution in [3.63, 3.8) is 0 Å². The van der Waals surface area contributed by atoms with E-state index >= 15 is 0 Å². The Hall–Kier alpha value is -3.06. The monoisotopic (exact) mass is 414 g/mol. The van der Waals surface area contributed by atoms with Gasteiger partial charge in [-0.3, -0.25) is 4.79 Å². The molecule has 4 nitrogen and oxygen atoms in total. The van der Waals surface area contributed by atoms with Gasteiger partial charge in [0, 0.05) is 13.1 Å². The first kappa shape index (κ1) is 20.2. The average molecular weight is 414 g/mol. The molecule has 0 aliphatic carbocycles. The Morgan fingerprint density at radius 1 is 1.00 bits per heavy atom. The van der Waals surface area contributed by atoms with Gasteiger partial charge in [-0.25, -0.2) is 0 Å². The normalized spacial score (nSPS) is 14.7. The van der Waals surface area contributed by atoms with Crippen LogP contribution >= 0.6 is 0 Å². The van der Waals surface area contributed by atoms with E-state index in [9.17, 15) is 18.0 Å². The zero-order valence-electron chi connectivity index (χ0n) is 16.2. The van der Waals surface area contributed by atoms with Gasteiger partial charge in [0.15, 0.2) is 0 Å². The molecule has 1 aliphatic rings. The predicted octanol–water partition coefficient (Wildman–Crippen LogP) is 4.88. The lowest BCUT2D eigenvalue weighted by Gasteiger charge is -2.31. The van der Waals surface area contributed by atoms with Crippen molar-refractivity contribution >= 4 is 28.1 Å². The molecule has 1 aliphatic heterocycles. The molecule has 0 radical (unpaired) electrons. The number of morpholine rings is 1. The van der Waals surface area contributed by atoms with Crippen LogP contribution in [-0.4, -0.2) is 32.2 Å². The molecule has 4 rings (SSSR count). The van der Waals surface area contributed by atoms with Crippen LogP contribution in [0, 0.1) is 0 Å². The topological polar surface area (TPSA) is 41.6 Å². The quantitative estimate of drug-likeness (QED) is 0.662. The van der Waals surface area contributed by atoms with Gasteiger partial charge in [0.2, 0.25) is 5.91 Å². The van der Waals surface area contributed by atoms with Crippen molar-refractivity contribution in [1.82, 2.24) is 0 Å². The molecular weight excluding hydrogens is 393 g/mol. The molecule has 0 unspecified atom stereocenters. The van der Waals surface area contributed by atoms with E-state index in [0.29, 0.717) is 32.0 Å². The van der Waals surface area contributed by atoms with Gasteiger partial charge in [-0.15, -0.1) is 0 Å². The number of halogens is 3. The van der Waals surface area contributed by atoms with Crippen LogP contribution in [0.2, 0.25) is 0 Å². The number of carbonyl (C=O) groups is 1. The highest BCUT2D eigenvalue weighted by atomic mass is 19.4. The maximum Gasteiger partial charge on any atom is 0.416 e. The fourth-order valence-electron chi connectivity index (χ4n) is 3.71. The van der Waals surface area contributed by atoms with Crippen LogP contribution in [0.4, 0.5) is 24.5 Å². The summed E-state index contributed by atoms with van der Waals surface area (Å²) in [6.45, 7) is 2.09. The van der Waals surface area contributed by atoms with Gasteiger partial charge in [0.05, 0.1) is 36.6 Å². The van der Waals surface area contributed by atoms with Crippen LogP contribution in [0.3, 0.4) is 0 Å². The number of alkyl halides is 3. The van der Waals surface area contributed by atoms with E-state index in [2.05, 4.69) is 5.32 Å². The summed E-state index contributed by atoms with van der Waals surface area (Å²) in [4.78, 5) is 14.7. The predicted molar refractivity (Wildman–Crippen MR) is 111 cm³/mol. The third-order valence-corrected chi connectivity index (χ3v) is 5.18. The Kier molecular flexibility index (Phi) is 5.63. The first-order chi connectivity index (χ1) is 14.4. The summed E-state index contributed by atoms with van der Waals surface area (Å²) in [5.74, 6) is -0.361. The lowest BCUT2D eigenvalue weighted by molar-refractivity contribution is -0.137. The number of fused-ring (bicyclic) bond motifs is 1. The molecule has 1 N–H and O–H groups in total. The average Bonchev–Trinajstić information content (AvgIpc) is 2.74. The smallest absolute Gasteiger partial charge is 0.378 e. The Morgan fingerprint density at radius 3 is 2.50 bits per heavy atom. The number of hydrogen-bond donors (Lipinski definition) is 1. The number of nitrogens with one attached hydrogen (secondary N) is 1. The minimum Gasteiger partial charge on any atom is -0.378 e. The molecule has 1 fully saturated rings. The van der Waals surface area contributed by atoms with Gasteiger partial charge < -0.3 is 15.0 Å². The SMILES string of the molecule is O=C(Cc1cccc2ccccc12)Nc1cc(C(F)(F)F)ccc1N1CCOCC1. The summed E-state index contributed by atoms with van der Waals surface area (Å²) in [6.07, 6.45) is -4.42. The lowest BCUT2D eigenvalue weighted by atomic mass is 10.0. The number of rotatable bonds is 4. The standard InChI is InChI=1S/C23H21F3N2O2/c24-23(25,26)18-8-9-21(28-10-12-30-13-11-28)20(15-18)27-22(29)14-17-6-3-5-16-4-1-2-7-19(16)17/h1-9,15H,10-14H2,(H,27,29). The molecule has 1 saturated heterocycles. The maximum atomic E-state index is 13.3. The summed E-state index contributed by atoms with van der Waals surface area (Å²) < 4.78 is 45.1. The number of carbonyl (C=O) groups excluding carboxylic acids is 1. The summed E-state index contributed by atoms with van der Waals surface area (Å²) in [7, 11) is 0. The van der Waals surface area contributed by atoms with Crippen molar-refractivity contribution in [2.45, 2.75) is 12.6 Å². The molecule has 0 saturated carbocycles. The van der Waals surface area contributed by atoms with Crippen LogP contribution < -0.4 is 10.2 Å². The van der Waals surface area contributed by atoms with Crippen LogP contribution in [0.25, 0.3) is 10.8 Å². The second kappa shape index (κ2) is 8.36. The highest BCUT2D eigenvalue weighted by Crippen LogP contribution is 2.36. The summed E-state index contributed by atoms with van der Waals surface area (Å²) in [6, 6.07) is 16.9. The van der Waals surface area contributed by atoms with E-state index in [0.717, 1.165) is 28.5 Å². The maximum absolute atomic E-state index is 13.3. The molecule has 7 heteroatoms. The van der Waals surface area contributed by atoms with Crippen molar-refractivity contribution in [3.8, 4) is 0 Å². The number of benzene rings is 3. The van der Waals surface area contributed by atoms with E-state index < -0.39 is 11.7 Å². The number of ether oxygens (including phenoxy) is 1. The zero-order chi connectivity index (χ0) is 21.1. The van der Waals surface area contributed by atoms with Gasteiger partial charge in [-0.2, -0.15) is 13.2 Å².